The third kappa shape index (κ3) is 38.3. The van der Waals surface area contributed by atoms with Gasteiger partial charge in [0.05, 0.1) is 0 Å². The SMILES string of the molecule is C=CC(=O)O.[CH-]=C.[Na+]. The Morgan fingerprint density at radius 1 is 1.62 bits per heavy atom. The molecule has 0 radical (unpaired) electrons. The molecule has 0 aliphatic carbocycles. The first-order valence-corrected chi connectivity index (χ1v) is 1.53. The van der Waals surface area contributed by atoms with Crippen LogP contribution in [0.4, 0.5) is 0 Å². The van der Waals surface area contributed by atoms with Gasteiger partial charge in [-0.2, -0.15) is 0 Å². The standard InChI is InChI=1S/C3H4O2.C2H3.Na/c1-2-3(4)5;1-2;/h2H,1H2,(H,4,5);1H,2H2;/q;-1;+1. The third-order valence-corrected chi connectivity index (χ3v) is 0.175. The Labute approximate surface area is 71.2 Å². The summed E-state index contributed by atoms with van der Waals surface area (Å²) in [6.07, 6.45) is 0.833. The van der Waals surface area contributed by atoms with Crippen LogP contribution < -0.4 is 29.6 Å². The van der Waals surface area contributed by atoms with Crippen LogP contribution in [0.2, 0.25) is 0 Å². The molecular formula is C5H7NaO2. The first-order valence-electron chi connectivity index (χ1n) is 1.53. The molecule has 0 aliphatic rings. The number of rotatable bonds is 1. The maximum Gasteiger partial charge on any atom is 1.00 e. The molecule has 0 saturated heterocycles. The Kier molecular flexibility index (Phi) is 30.9. The van der Waals surface area contributed by atoms with Crippen molar-refractivity contribution in [2.75, 3.05) is 0 Å². The quantitative estimate of drug-likeness (QED) is 0.245. The molecule has 0 unspecified atom stereocenters. The molecule has 0 aromatic heterocycles. The molecule has 3 heteroatoms. The van der Waals surface area contributed by atoms with Gasteiger partial charge in [-0.1, -0.05) is 6.58 Å². The second kappa shape index (κ2) is 15.8. The van der Waals surface area contributed by atoms with Crippen molar-refractivity contribution in [2.45, 2.75) is 0 Å². The van der Waals surface area contributed by atoms with Crippen LogP contribution in [0.15, 0.2) is 19.2 Å². The molecule has 0 atom stereocenters. The zero-order chi connectivity index (χ0) is 6.28. The average molecular weight is 122 g/mol. The van der Waals surface area contributed by atoms with Gasteiger partial charge >= 0.3 is 35.5 Å². The summed E-state index contributed by atoms with van der Waals surface area (Å²) in [7, 11) is 0. The first kappa shape index (κ1) is 15.7. The van der Waals surface area contributed by atoms with Gasteiger partial charge < -0.3 is 11.7 Å². The van der Waals surface area contributed by atoms with Crippen molar-refractivity contribution in [3.05, 3.63) is 25.8 Å². The van der Waals surface area contributed by atoms with E-state index in [9.17, 15) is 4.79 Å². The summed E-state index contributed by atoms with van der Waals surface area (Å²) in [6.45, 7) is 9.96. The monoisotopic (exact) mass is 122 g/mol. The Hall–Kier alpha value is -0.0500. The molecule has 1 N–H and O–H groups in total. The number of hydrogen-bond donors (Lipinski definition) is 1. The van der Waals surface area contributed by atoms with Crippen molar-refractivity contribution in [2.24, 2.45) is 0 Å². The average Bonchev–Trinajstić information content (AvgIpc) is 1.73. The van der Waals surface area contributed by atoms with Gasteiger partial charge in [-0.05, 0) is 0 Å². The van der Waals surface area contributed by atoms with Crippen LogP contribution in [0.3, 0.4) is 0 Å². The zero-order valence-electron chi connectivity index (χ0n) is 4.92. The van der Waals surface area contributed by atoms with Gasteiger partial charge in [0.2, 0.25) is 0 Å². The minimum absolute atomic E-state index is 0. The van der Waals surface area contributed by atoms with Gasteiger partial charge in [-0.25, -0.2) is 4.79 Å². The Morgan fingerprint density at radius 3 is 1.75 bits per heavy atom. The summed E-state index contributed by atoms with van der Waals surface area (Å²) < 4.78 is 0. The van der Waals surface area contributed by atoms with Crippen LogP contribution in [0.25, 0.3) is 0 Å². The van der Waals surface area contributed by atoms with Gasteiger partial charge in [0.25, 0.3) is 0 Å². The van der Waals surface area contributed by atoms with Crippen LogP contribution in [-0.2, 0) is 4.79 Å². The summed E-state index contributed by atoms with van der Waals surface area (Å²) in [6, 6.07) is 0. The molecule has 0 rings (SSSR count). The van der Waals surface area contributed by atoms with Crippen molar-refractivity contribution in [3.8, 4) is 0 Å². The number of hydrogen-bond acceptors (Lipinski definition) is 1. The minimum Gasteiger partial charge on any atom is -0.521 e. The van der Waals surface area contributed by atoms with E-state index in [1.165, 1.54) is 0 Å². The Balaban J connectivity index is -0.0000000750. The van der Waals surface area contributed by atoms with Gasteiger partial charge in [-0.15, -0.1) is 0 Å². The molecule has 0 heterocycles. The minimum atomic E-state index is -0.981. The maximum atomic E-state index is 9.25. The smallest absolute Gasteiger partial charge is 0.521 e. The molecule has 40 valence electrons. The Bertz CT molecular complexity index is 70.8. The van der Waals surface area contributed by atoms with Gasteiger partial charge in [0, 0.05) is 6.08 Å². The van der Waals surface area contributed by atoms with Crippen LogP contribution in [0, 0.1) is 6.58 Å². The van der Waals surface area contributed by atoms with Crippen LogP contribution in [-0.4, -0.2) is 11.1 Å². The van der Waals surface area contributed by atoms with Crippen molar-refractivity contribution >= 4 is 5.97 Å². The molecule has 0 amide bonds. The van der Waals surface area contributed by atoms with E-state index in [1.54, 1.807) is 0 Å². The van der Waals surface area contributed by atoms with Gasteiger partial charge in [0.1, 0.15) is 0 Å². The summed E-state index contributed by atoms with van der Waals surface area (Å²) >= 11 is 0. The number of aliphatic carboxylic acids is 1. The molecule has 0 spiro atoms. The first-order chi connectivity index (χ1) is 3.27. The van der Waals surface area contributed by atoms with Gasteiger partial charge in [0.15, 0.2) is 0 Å². The second-order valence-corrected chi connectivity index (χ2v) is 0.542. The molecule has 0 aliphatic heterocycles. The van der Waals surface area contributed by atoms with Gasteiger partial charge in [-0.3, -0.25) is 6.58 Å². The third-order valence-electron chi connectivity index (χ3n) is 0.175. The normalized spacial score (nSPS) is 4.50. The Morgan fingerprint density at radius 2 is 1.75 bits per heavy atom. The van der Waals surface area contributed by atoms with E-state index in [1.807, 2.05) is 0 Å². The van der Waals surface area contributed by atoms with Crippen molar-refractivity contribution in [1.82, 2.24) is 0 Å². The van der Waals surface area contributed by atoms with Crippen LogP contribution in [0.1, 0.15) is 0 Å². The number of carboxylic acid groups (broad SMARTS) is 1. The van der Waals surface area contributed by atoms with E-state index >= 15 is 0 Å². The predicted octanol–water partition coefficient (Wildman–Crippen LogP) is -2.13. The number of carboxylic acids is 1. The summed E-state index contributed by atoms with van der Waals surface area (Å²) in [5.74, 6) is -0.981. The second-order valence-electron chi connectivity index (χ2n) is 0.542. The zero-order valence-corrected chi connectivity index (χ0v) is 6.92. The van der Waals surface area contributed by atoms with E-state index in [0.717, 1.165) is 6.08 Å². The van der Waals surface area contributed by atoms with E-state index in [-0.39, 0.29) is 29.6 Å². The summed E-state index contributed by atoms with van der Waals surface area (Å²) in [5, 5.41) is 7.60. The molecule has 0 fully saturated rings. The van der Waals surface area contributed by atoms with Crippen molar-refractivity contribution < 1.29 is 39.5 Å². The molecule has 0 aromatic rings. The predicted molar refractivity (Wildman–Crippen MR) is 27.8 cm³/mol. The van der Waals surface area contributed by atoms with E-state index in [0.29, 0.717) is 0 Å². The van der Waals surface area contributed by atoms with Crippen molar-refractivity contribution in [1.29, 1.82) is 0 Å². The van der Waals surface area contributed by atoms with E-state index in [2.05, 4.69) is 19.7 Å². The van der Waals surface area contributed by atoms with Crippen LogP contribution >= 0.6 is 0 Å². The molecule has 0 bridgehead atoms. The molecular weight excluding hydrogens is 115 g/mol. The number of carbonyl (C=O) groups is 1. The topological polar surface area (TPSA) is 37.3 Å². The summed E-state index contributed by atoms with van der Waals surface area (Å²) in [5.41, 5.74) is 0. The largest absolute Gasteiger partial charge is 1.00 e. The molecule has 8 heavy (non-hydrogen) atoms. The maximum absolute atomic E-state index is 9.25. The van der Waals surface area contributed by atoms with E-state index < -0.39 is 5.97 Å². The summed E-state index contributed by atoms with van der Waals surface area (Å²) in [4.78, 5) is 9.25. The van der Waals surface area contributed by atoms with Crippen LogP contribution in [0.5, 0.6) is 0 Å². The molecule has 0 aromatic carbocycles. The van der Waals surface area contributed by atoms with E-state index in [4.69, 9.17) is 5.11 Å². The molecule has 2 nitrogen and oxygen atoms in total. The molecule has 0 saturated carbocycles. The fraction of sp³-hybridized carbons (Fsp3) is 0. The fourth-order valence-electron chi connectivity index (χ4n) is 0. The fourth-order valence-corrected chi connectivity index (χ4v) is 0. The van der Waals surface area contributed by atoms with Crippen molar-refractivity contribution in [3.63, 3.8) is 0 Å².